The Labute approximate surface area is 190 Å². The first kappa shape index (κ1) is 22.8. The molecule has 0 unspecified atom stereocenters. The van der Waals surface area contributed by atoms with Crippen LogP contribution in [0.2, 0.25) is 0 Å². The van der Waals surface area contributed by atoms with Gasteiger partial charge in [0.2, 0.25) is 0 Å². The third kappa shape index (κ3) is 6.08. The van der Waals surface area contributed by atoms with E-state index in [4.69, 9.17) is 4.74 Å². The lowest BCUT2D eigenvalue weighted by molar-refractivity contribution is -0.118. The fraction of sp³-hybridized carbons (Fsp3) is 0.174. The molecule has 0 saturated carbocycles. The van der Waals surface area contributed by atoms with E-state index in [0.717, 1.165) is 21.2 Å². The molecular formula is C23H23BrN2O4S. The van der Waals surface area contributed by atoms with Crippen molar-refractivity contribution in [2.75, 3.05) is 16.6 Å². The topological polar surface area (TPSA) is 84.5 Å². The highest BCUT2D eigenvalue weighted by Crippen LogP contribution is 2.26. The molecule has 0 aliphatic rings. The standard InChI is InChI=1S/C23H23BrN2O4S/c1-15-4-10-21(17(3)12-15)26-31(28,29)19-8-6-18(7-9-19)25-23(27)14-30-22-11-5-16(2)13-20(22)24/h4-13,26H,14H2,1-3H3,(H,25,27). The van der Waals surface area contributed by atoms with Crippen molar-refractivity contribution in [3.8, 4) is 5.75 Å². The molecule has 0 heterocycles. The largest absolute Gasteiger partial charge is 0.483 e. The van der Waals surface area contributed by atoms with Crippen LogP contribution in [0.1, 0.15) is 16.7 Å². The van der Waals surface area contributed by atoms with Crippen LogP contribution in [0.4, 0.5) is 11.4 Å². The third-order valence-electron chi connectivity index (χ3n) is 4.52. The molecule has 0 aromatic heterocycles. The number of halogens is 1. The molecule has 162 valence electrons. The van der Waals surface area contributed by atoms with Gasteiger partial charge in [0, 0.05) is 5.69 Å². The minimum Gasteiger partial charge on any atom is -0.483 e. The number of nitrogens with one attached hydrogen (secondary N) is 2. The van der Waals surface area contributed by atoms with E-state index < -0.39 is 10.0 Å². The number of amides is 1. The van der Waals surface area contributed by atoms with Gasteiger partial charge in [0.1, 0.15) is 5.75 Å². The van der Waals surface area contributed by atoms with Gasteiger partial charge in [-0.15, -0.1) is 0 Å². The van der Waals surface area contributed by atoms with Crippen LogP contribution >= 0.6 is 15.9 Å². The Kier molecular flexibility index (Phi) is 7.02. The molecule has 3 aromatic rings. The molecule has 0 aliphatic heterocycles. The first-order valence-electron chi connectivity index (χ1n) is 9.53. The highest BCUT2D eigenvalue weighted by Gasteiger charge is 2.15. The van der Waals surface area contributed by atoms with Gasteiger partial charge in [-0.25, -0.2) is 8.42 Å². The van der Waals surface area contributed by atoms with E-state index >= 15 is 0 Å². The number of hydrogen-bond donors (Lipinski definition) is 2. The van der Waals surface area contributed by atoms with E-state index in [2.05, 4.69) is 26.0 Å². The molecule has 2 N–H and O–H groups in total. The van der Waals surface area contributed by atoms with Gasteiger partial charge < -0.3 is 10.1 Å². The molecule has 0 spiro atoms. The summed E-state index contributed by atoms with van der Waals surface area (Å²) in [7, 11) is -3.74. The molecule has 6 nitrogen and oxygen atoms in total. The predicted octanol–water partition coefficient (Wildman–Crippen LogP) is 5.19. The van der Waals surface area contributed by atoms with Crippen LogP contribution in [0.25, 0.3) is 0 Å². The Hall–Kier alpha value is -2.84. The van der Waals surface area contributed by atoms with Crippen molar-refractivity contribution in [2.24, 2.45) is 0 Å². The van der Waals surface area contributed by atoms with Gasteiger partial charge in [-0.1, -0.05) is 23.8 Å². The first-order chi connectivity index (χ1) is 14.6. The summed E-state index contributed by atoms with van der Waals surface area (Å²) in [6.45, 7) is 5.59. The monoisotopic (exact) mass is 502 g/mol. The molecule has 1 amide bonds. The Morgan fingerprint density at radius 1 is 0.935 bits per heavy atom. The van der Waals surface area contributed by atoms with Crippen molar-refractivity contribution < 1.29 is 17.9 Å². The number of ether oxygens (including phenoxy) is 1. The minimum atomic E-state index is -3.74. The van der Waals surface area contributed by atoms with Gasteiger partial charge in [0.25, 0.3) is 15.9 Å². The number of carbonyl (C=O) groups is 1. The fourth-order valence-electron chi connectivity index (χ4n) is 2.91. The van der Waals surface area contributed by atoms with Crippen molar-refractivity contribution in [3.05, 3.63) is 81.8 Å². The van der Waals surface area contributed by atoms with Gasteiger partial charge in [0.15, 0.2) is 6.61 Å². The summed E-state index contributed by atoms with van der Waals surface area (Å²) in [5.74, 6) is 0.219. The summed E-state index contributed by atoms with van der Waals surface area (Å²) in [6, 6.07) is 17.0. The van der Waals surface area contributed by atoms with Gasteiger partial charge in [-0.2, -0.15) is 0 Å². The third-order valence-corrected chi connectivity index (χ3v) is 6.52. The second kappa shape index (κ2) is 9.53. The molecule has 0 fully saturated rings. The van der Waals surface area contributed by atoms with Gasteiger partial charge in [-0.3, -0.25) is 9.52 Å². The number of aryl methyl sites for hydroxylation is 3. The fourth-order valence-corrected chi connectivity index (χ4v) is 4.65. The molecule has 3 rings (SSSR count). The number of sulfonamides is 1. The Balaban J connectivity index is 1.61. The number of rotatable bonds is 7. The predicted molar refractivity (Wildman–Crippen MR) is 126 cm³/mol. The van der Waals surface area contributed by atoms with Crippen molar-refractivity contribution in [3.63, 3.8) is 0 Å². The molecule has 0 saturated heterocycles. The molecule has 0 atom stereocenters. The van der Waals surface area contributed by atoms with Crippen molar-refractivity contribution >= 4 is 43.2 Å². The highest BCUT2D eigenvalue weighted by atomic mass is 79.9. The van der Waals surface area contributed by atoms with Crippen LogP contribution in [0.15, 0.2) is 70.0 Å². The lowest BCUT2D eigenvalue weighted by atomic mass is 10.1. The SMILES string of the molecule is Cc1ccc(NS(=O)(=O)c2ccc(NC(=O)COc3ccc(C)cc3Br)cc2)c(C)c1. The van der Waals surface area contributed by atoms with Crippen LogP contribution in [0.5, 0.6) is 5.75 Å². The number of hydrogen-bond acceptors (Lipinski definition) is 4. The maximum atomic E-state index is 12.7. The average Bonchev–Trinajstić information content (AvgIpc) is 2.70. The average molecular weight is 503 g/mol. The van der Waals surface area contributed by atoms with Crippen LogP contribution < -0.4 is 14.8 Å². The van der Waals surface area contributed by atoms with E-state index in [0.29, 0.717) is 17.1 Å². The summed E-state index contributed by atoms with van der Waals surface area (Å²) in [4.78, 5) is 12.3. The van der Waals surface area contributed by atoms with E-state index in [9.17, 15) is 13.2 Å². The number of carbonyl (C=O) groups excluding carboxylic acids is 1. The highest BCUT2D eigenvalue weighted by molar-refractivity contribution is 9.10. The van der Waals surface area contributed by atoms with Crippen molar-refractivity contribution in [1.82, 2.24) is 0 Å². The second-order valence-electron chi connectivity index (χ2n) is 7.22. The summed E-state index contributed by atoms with van der Waals surface area (Å²) in [6.07, 6.45) is 0. The van der Waals surface area contributed by atoms with Crippen molar-refractivity contribution in [1.29, 1.82) is 0 Å². The summed E-state index contributed by atoms with van der Waals surface area (Å²) in [5.41, 5.74) is 3.97. The number of anilines is 2. The van der Waals surface area contributed by atoms with Gasteiger partial charge in [0.05, 0.1) is 15.1 Å². The van der Waals surface area contributed by atoms with Crippen LogP contribution in [-0.4, -0.2) is 20.9 Å². The molecule has 0 radical (unpaired) electrons. The lowest BCUT2D eigenvalue weighted by Crippen LogP contribution is -2.20. The molecule has 0 bridgehead atoms. The van der Waals surface area contributed by atoms with Crippen LogP contribution in [0.3, 0.4) is 0 Å². The Morgan fingerprint density at radius 2 is 1.58 bits per heavy atom. The zero-order valence-corrected chi connectivity index (χ0v) is 19.8. The molecule has 3 aromatic carbocycles. The molecule has 8 heteroatoms. The molecule has 0 aliphatic carbocycles. The normalized spacial score (nSPS) is 11.1. The summed E-state index contributed by atoms with van der Waals surface area (Å²) < 4.78 is 34.2. The van der Waals surface area contributed by atoms with Crippen molar-refractivity contribution in [2.45, 2.75) is 25.7 Å². The van der Waals surface area contributed by atoms with Crippen LogP contribution in [-0.2, 0) is 14.8 Å². The Bertz CT molecular complexity index is 1210. The second-order valence-corrected chi connectivity index (χ2v) is 9.76. The minimum absolute atomic E-state index is 0.102. The zero-order chi connectivity index (χ0) is 22.6. The Morgan fingerprint density at radius 3 is 2.23 bits per heavy atom. The van der Waals surface area contributed by atoms with E-state index in [1.54, 1.807) is 12.1 Å². The van der Waals surface area contributed by atoms with E-state index in [-0.39, 0.29) is 17.4 Å². The zero-order valence-electron chi connectivity index (χ0n) is 17.4. The van der Waals surface area contributed by atoms with Crippen LogP contribution in [0, 0.1) is 20.8 Å². The maximum absolute atomic E-state index is 12.7. The van der Waals surface area contributed by atoms with E-state index in [1.165, 1.54) is 24.3 Å². The van der Waals surface area contributed by atoms with Gasteiger partial charge in [-0.05, 0) is 90.3 Å². The van der Waals surface area contributed by atoms with Gasteiger partial charge >= 0.3 is 0 Å². The lowest BCUT2D eigenvalue weighted by Gasteiger charge is -2.12. The first-order valence-corrected chi connectivity index (χ1v) is 11.8. The quantitative estimate of drug-likeness (QED) is 0.465. The maximum Gasteiger partial charge on any atom is 0.262 e. The smallest absolute Gasteiger partial charge is 0.262 e. The molecular weight excluding hydrogens is 480 g/mol. The number of benzene rings is 3. The summed E-state index contributed by atoms with van der Waals surface area (Å²) >= 11 is 3.40. The van der Waals surface area contributed by atoms with E-state index in [1.807, 2.05) is 45.0 Å². The summed E-state index contributed by atoms with van der Waals surface area (Å²) in [5, 5.41) is 2.69. The molecule has 31 heavy (non-hydrogen) atoms.